The molecule has 0 radical (unpaired) electrons. The average molecular weight is 291 g/mol. The van der Waals surface area contributed by atoms with Crippen LogP contribution in [0.2, 0.25) is 0 Å². The number of nitrogens with one attached hydrogen (secondary N) is 1. The maximum absolute atomic E-state index is 13.5. The number of methoxy groups -OCH3 is 1. The molecule has 2 rings (SSSR count). The highest BCUT2D eigenvalue weighted by Gasteiger charge is 2.09. The lowest BCUT2D eigenvalue weighted by molar-refractivity contribution is 0.279. The van der Waals surface area contributed by atoms with E-state index in [4.69, 9.17) is 9.47 Å². The molecule has 112 valence electrons. The number of ether oxygens (including phenoxy) is 2. The first-order chi connectivity index (χ1) is 10.1. The lowest BCUT2D eigenvalue weighted by atomic mass is 10.2. The Morgan fingerprint density at radius 2 is 2.14 bits per heavy atom. The molecule has 0 aliphatic rings. The number of halogens is 1. The Morgan fingerprint density at radius 3 is 2.86 bits per heavy atom. The van der Waals surface area contributed by atoms with Gasteiger partial charge in [0, 0.05) is 6.04 Å². The maximum Gasteiger partial charge on any atom is 0.318 e. The monoisotopic (exact) mass is 291 g/mol. The van der Waals surface area contributed by atoms with Gasteiger partial charge in [-0.1, -0.05) is 12.1 Å². The van der Waals surface area contributed by atoms with E-state index in [9.17, 15) is 4.39 Å². The lowest BCUT2D eigenvalue weighted by Crippen LogP contribution is -2.13. The van der Waals surface area contributed by atoms with Crippen molar-refractivity contribution in [2.75, 3.05) is 12.4 Å². The summed E-state index contributed by atoms with van der Waals surface area (Å²) in [6, 6.07) is 7.68. The largest absolute Gasteiger partial charge is 0.497 e. The average Bonchev–Trinajstić information content (AvgIpc) is 2.48. The third-order valence-electron chi connectivity index (χ3n) is 2.65. The van der Waals surface area contributed by atoms with Crippen LogP contribution >= 0.6 is 0 Å². The third kappa shape index (κ3) is 4.30. The number of nitrogens with zero attached hydrogens (tertiary/aromatic N) is 2. The number of benzene rings is 1. The molecule has 1 heterocycles. The van der Waals surface area contributed by atoms with Crippen molar-refractivity contribution in [1.82, 2.24) is 9.97 Å². The molecule has 0 saturated carbocycles. The standard InChI is InChI=1S/C15H18FN3O2/c1-10(2)18-14-13(16)8-17-15(19-14)21-9-11-5-4-6-12(7-11)20-3/h4-8,10H,9H2,1-3H3,(H,17,18,19). The Balaban J connectivity index is 2.05. The number of aromatic nitrogens is 2. The van der Waals surface area contributed by atoms with Crippen LogP contribution in [0.15, 0.2) is 30.5 Å². The maximum atomic E-state index is 13.5. The summed E-state index contributed by atoms with van der Waals surface area (Å²) < 4.78 is 24.2. The van der Waals surface area contributed by atoms with Gasteiger partial charge in [-0.15, -0.1) is 0 Å². The van der Waals surface area contributed by atoms with Gasteiger partial charge in [-0.25, -0.2) is 9.37 Å². The molecule has 0 unspecified atom stereocenters. The van der Waals surface area contributed by atoms with Gasteiger partial charge in [0.05, 0.1) is 13.3 Å². The SMILES string of the molecule is COc1cccc(COc2ncc(F)c(NC(C)C)n2)c1. The Morgan fingerprint density at radius 1 is 1.33 bits per heavy atom. The van der Waals surface area contributed by atoms with E-state index in [0.717, 1.165) is 17.5 Å². The molecule has 6 heteroatoms. The zero-order chi connectivity index (χ0) is 15.2. The molecule has 1 aromatic heterocycles. The Labute approximate surface area is 123 Å². The molecule has 2 aromatic rings. The number of rotatable bonds is 6. The summed E-state index contributed by atoms with van der Waals surface area (Å²) in [6.45, 7) is 4.08. The molecule has 0 aliphatic heterocycles. The molecule has 0 amide bonds. The topological polar surface area (TPSA) is 56.3 Å². The first-order valence-electron chi connectivity index (χ1n) is 6.63. The summed E-state index contributed by atoms with van der Waals surface area (Å²) in [5.74, 6) is 0.386. The van der Waals surface area contributed by atoms with Crippen LogP contribution in [0.5, 0.6) is 11.8 Å². The fourth-order valence-electron chi connectivity index (χ4n) is 1.71. The van der Waals surface area contributed by atoms with Crippen LogP contribution in [0, 0.1) is 5.82 Å². The number of hydrogen-bond acceptors (Lipinski definition) is 5. The highest BCUT2D eigenvalue weighted by atomic mass is 19.1. The minimum absolute atomic E-state index is 0.0700. The molecule has 0 bridgehead atoms. The minimum Gasteiger partial charge on any atom is -0.497 e. The van der Waals surface area contributed by atoms with Crippen LogP contribution in [-0.2, 0) is 6.61 Å². The van der Waals surface area contributed by atoms with Crippen LogP contribution < -0.4 is 14.8 Å². The van der Waals surface area contributed by atoms with E-state index in [1.165, 1.54) is 0 Å². The van der Waals surface area contributed by atoms with E-state index >= 15 is 0 Å². The smallest absolute Gasteiger partial charge is 0.318 e. The first kappa shape index (κ1) is 15.0. The van der Waals surface area contributed by atoms with Gasteiger partial charge in [-0.2, -0.15) is 4.98 Å². The minimum atomic E-state index is -0.502. The molecular formula is C15H18FN3O2. The Bertz CT molecular complexity index is 605. The van der Waals surface area contributed by atoms with Gasteiger partial charge in [0.1, 0.15) is 12.4 Å². The molecule has 1 aromatic carbocycles. The van der Waals surface area contributed by atoms with Crippen molar-refractivity contribution in [1.29, 1.82) is 0 Å². The van der Waals surface area contributed by atoms with Crippen LogP contribution in [0.25, 0.3) is 0 Å². The third-order valence-corrected chi connectivity index (χ3v) is 2.65. The fourth-order valence-corrected chi connectivity index (χ4v) is 1.71. The lowest BCUT2D eigenvalue weighted by Gasteiger charge is -2.11. The fraction of sp³-hybridized carbons (Fsp3) is 0.333. The van der Waals surface area contributed by atoms with Crippen molar-refractivity contribution in [3.63, 3.8) is 0 Å². The molecule has 5 nitrogen and oxygen atoms in total. The quantitative estimate of drug-likeness (QED) is 0.886. The van der Waals surface area contributed by atoms with Gasteiger partial charge in [0.2, 0.25) is 0 Å². The van der Waals surface area contributed by atoms with Crippen LogP contribution in [0.4, 0.5) is 10.2 Å². The zero-order valence-corrected chi connectivity index (χ0v) is 12.3. The zero-order valence-electron chi connectivity index (χ0n) is 12.3. The highest BCUT2D eigenvalue weighted by molar-refractivity contribution is 5.36. The highest BCUT2D eigenvalue weighted by Crippen LogP contribution is 2.17. The molecule has 0 aliphatic carbocycles. The van der Waals surface area contributed by atoms with Crippen molar-refractivity contribution in [3.8, 4) is 11.8 Å². The van der Waals surface area contributed by atoms with E-state index < -0.39 is 5.82 Å². The van der Waals surface area contributed by atoms with E-state index in [1.54, 1.807) is 7.11 Å². The van der Waals surface area contributed by atoms with Gasteiger partial charge in [-0.05, 0) is 31.5 Å². The van der Waals surface area contributed by atoms with Crippen molar-refractivity contribution < 1.29 is 13.9 Å². The van der Waals surface area contributed by atoms with Gasteiger partial charge in [0.15, 0.2) is 11.6 Å². The number of hydrogen-bond donors (Lipinski definition) is 1. The summed E-state index contributed by atoms with van der Waals surface area (Å²) >= 11 is 0. The second-order valence-corrected chi connectivity index (χ2v) is 4.79. The molecule has 0 atom stereocenters. The van der Waals surface area contributed by atoms with Crippen LogP contribution in [0.1, 0.15) is 19.4 Å². The molecule has 0 fully saturated rings. The summed E-state index contributed by atoms with van der Waals surface area (Å²) in [5, 5.41) is 2.90. The van der Waals surface area contributed by atoms with Gasteiger partial charge < -0.3 is 14.8 Å². The Kier molecular flexibility index (Phi) is 4.92. The van der Waals surface area contributed by atoms with Crippen LogP contribution in [-0.4, -0.2) is 23.1 Å². The molecule has 1 N–H and O–H groups in total. The summed E-state index contributed by atoms with van der Waals surface area (Å²) in [4.78, 5) is 7.84. The second-order valence-electron chi connectivity index (χ2n) is 4.79. The summed E-state index contributed by atoms with van der Waals surface area (Å²) in [5.41, 5.74) is 0.917. The predicted molar refractivity (Wildman–Crippen MR) is 78.1 cm³/mol. The van der Waals surface area contributed by atoms with Gasteiger partial charge in [0.25, 0.3) is 0 Å². The van der Waals surface area contributed by atoms with E-state index in [1.807, 2.05) is 38.1 Å². The molecular weight excluding hydrogens is 273 g/mol. The van der Waals surface area contributed by atoms with Crippen LogP contribution in [0.3, 0.4) is 0 Å². The van der Waals surface area contributed by atoms with Crippen molar-refractivity contribution in [2.45, 2.75) is 26.5 Å². The second kappa shape index (κ2) is 6.88. The first-order valence-corrected chi connectivity index (χ1v) is 6.63. The van der Waals surface area contributed by atoms with Gasteiger partial charge >= 0.3 is 6.01 Å². The van der Waals surface area contributed by atoms with E-state index in [-0.39, 0.29) is 24.5 Å². The number of anilines is 1. The Hall–Kier alpha value is -2.37. The molecule has 0 spiro atoms. The van der Waals surface area contributed by atoms with Crippen molar-refractivity contribution in [3.05, 3.63) is 41.8 Å². The van der Waals surface area contributed by atoms with Gasteiger partial charge in [-0.3, -0.25) is 0 Å². The van der Waals surface area contributed by atoms with Crippen molar-refractivity contribution in [2.24, 2.45) is 0 Å². The summed E-state index contributed by atoms with van der Waals surface area (Å²) in [7, 11) is 1.60. The predicted octanol–water partition coefficient (Wildman–Crippen LogP) is 3.02. The van der Waals surface area contributed by atoms with Crippen molar-refractivity contribution >= 4 is 5.82 Å². The molecule has 21 heavy (non-hydrogen) atoms. The normalized spacial score (nSPS) is 10.5. The van der Waals surface area contributed by atoms with E-state index in [2.05, 4.69) is 15.3 Å². The summed E-state index contributed by atoms with van der Waals surface area (Å²) in [6.07, 6.45) is 1.10. The van der Waals surface area contributed by atoms with E-state index in [0.29, 0.717) is 0 Å². The molecule has 0 saturated heterocycles.